The van der Waals surface area contributed by atoms with Crippen molar-refractivity contribution >= 4 is 17.8 Å². The number of nitrogens with two attached hydrogens (primary N) is 1. The summed E-state index contributed by atoms with van der Waals surface area (Å²) in [5.74, 6) is -0.224. The van der Waals surface area contributed by atoms with E-state index >= 15 is 0 Å². The summed E-state index contributed by atoms with van der Waals surface area (Å²) in [6.07, 6.45) is 4.95. The van der Waals surface area contributed by atoms with Gasteiger partial charge in [-0.2, -0.15) is 4.98 Å². The summed E-state index contributed by atoms with van der Waals surface area (Å²) in [5, 5.41) is 9.35. The van der Waals surface area contributed by atoms with Gasteiger partial charge in [-0.3, -0.25) is 14.7 Å². The van der Waals surface area contributed by atoms with E-state index in [-0.39, 0.29) is 23.9 Å². The number of amides is 2. The van der Waals surface area contributed by atoms with Gasteiger partial charge in [-0.15, -0.1) is 5.10 Å². The van der Waals surface area contributed by atoms with E-state index in [4.69, 9.17) is 10.5 Å². The number of carbonyl (C=O) groups is 2. The van der Waals surface area contributed by atoms with Gasteiger partial charge in [-0.1, -0.05) is 19.1 Å². The van der Waals surface area contributed by atoms with E-state index in [1.807, 2.05) is 24.0 Å². The fraction of sp³-hybridized carbons (Fsp3) is 0.625. The maximum Gasteiger partial charge on any atom is 0.239 e. The Morgan fingerprint density at radius 3 is 3.16 bits per heavy atom. The second-order valence-electron chi connectivity index (χ2n) is 6.84. The number of aromatic nitrogens is 3. The number of likely N-dealkylation sites (tertiary alicyclic amines) is 1. The molecule has 4 rings (SSSR count). The Kier molecular flexibility index (Phi) is 3.75. The van der Waals surface area contributed by atoms with Gasteiger partial charge in [-0.25, -0.2) is 0 Å². The van der Waals surface area contributed by atoms with E-state index in [0.29, 0.717) is 31.9 Å². The molecule has 0 saturated carbocycles. The lowest BCUT2D eigenvalue weighted by molar-refractivity contribution is -0.137. The largest absolute Gasteiger partial charge is 0.367 e. The Hall–Kier alpha value is -2.42. The van der Waals surface area contributed by atoms with Crippen LogP contribution in [0.2, 0.25) is 0 Å². The summed E-state index contributed by atoms with van der Waals surface area (Å²) in [7, 11) is 0. The van der Waals surface area contributed by atoms with Gasteiger partial charge in [0.25, 0.3) is 0 Å². The van der Waals surface area contributed by atoms with Crippen LogP contribution in [0.4, 0.5) is 5.95 Å². The first-order chi connectivity index (χ1) is 12.0. The molecule has 3 aliphatic rings. The molecule has 3 aliphatic heterocycles. The number of rotatable bonds is 6. The lowest BCUT2D eigenvalue weighted by atomic mass is 9.77. The molecule has 1 aromatic heterocycles. The molecule has 0 unspecified atom stereocenters. The molecule has 2 saturated heterocycles. The Morgan fingerprint density at radius 1 is 1.60 bits per heavy atom. The first-order valence-corrected chi connectivity index (χ1v) is 8.64. The van der Waals surface area contributed by atoms with Crippen LogP contribution in [-0.2, 0) is 20.7 Å². The molecule has 0 radical (unpaired) electrons. The smallest absolute Gasteiger partial charge is 0.239 e. The van der Waals surface area contributed by atoms with Crippen molar-refractivity contribution < 1.29 is 14.3 Å². The third-order valence-corrected chi connectivity index (χ3v) is 5.19. The van der Waals surface area contributed by atoms with Gasteiger partial charge < -0.3 is 20.7 Å². The average Bonchev–Trinajstić information content (AvgIpc) is 3.30. The molecule has 4 atom stereocenters. The van der Waals surface area contributed by atoms with Crippen molar-refractivity contribution in [2.45, 2.75) is 31.5 Å². The number of nitrogens with one attached hydrogen (secondary N) is 2. The number of hydrogen-bond donors (Lipinski definition) is 3. The lowest BCUT2D eigenvalue weighted by Gasteiger charge is -2.23. The maximum absolute atomic E-state index is 12.8. The molecule has 1 spiro atoms. The van der Waals surface area contributed by atoms with E-state index < -0.39 is 17.4 Å². The fourth-order valence-corrected chi connectivity index (χ4v) is 4.18. The molecule has 0 aliphatic carbocycles. The van der Waals surface area contributed by atoms with Gasteiger partial charge >= 0.3 is 0 Å². The van der Waals surface area contributed by atoms with Crippen LogP contribution < -0.4 is 11.1 Å². The number of ether oxygens (including phenoxy) is 1. The predicted octanol–water partition coefficient (Wildman–Crippen LogP) is -0.762. The highest BCUT2D eigenvalue weighted by Crippen LogP contribution is 2.51. The molecule has 0 aromatic carbocycles. The average molecular weight is 346 g/mol. The standard InChI is InChI=1S/C16H22N6O3/c1-2-7-22-8-16-5-3-9(25-16)11(12(16)14(22)24)13(23)18-6-4-10-19-15(17)21-20-10/h3,5,9,11-12H,2,4,6-8H2,1H3,(H,18,23)(H3,17,19,20,21)/t9-,11-,12+,16-/m0/s1. The van der Waals surface area contributed by atoms with Gasteiger partial charge in [0.05, 0.1) is 24.5 Å². The van der Waals surface area contributed by atoms with Crippen molar-refractivity contribution in [3.8, 4) is 0 Å². The highest BCUT2D eigenvalue weighted by molar-refractivity contribution is 5.93. The number of H-pyrrole nitrogens is 1. The van der Waals surface area contributed by atoms with Gasteiger partial charge in [0, 0.05) is 19.5 Å². The van der Waals surface area contributed by atoms with Crippen molar-refractivity contribution in [2.24, 2.45) is 11.8 Å². The van der Waals surface area contributed by atoms with Gasteiger partial charge in [0.1, 0.15) is 11.4 Å². The van der Waals surface area contributed by atoms with Crippen LogP contribution in [0.1, 0.15) is 19.2 Å². The maximum atomic E-state index is 12.8. The molecule has 1 aromatic rings. The molecule has 4 N–H and O–H groups in total. The summed E-state index contributed by atoms with van der Waals surface area (Å²) in [4.78, 5) is 31.3. The van der Waals surface area contributed by atoms with Crippen LogP contribution in [0.25, 0.3) is 0 Å². The number of nitrogen functional groups attached to an aromatic ring is 1. The third kappa shape index (κ3) is 2.50. The zero-order chi connectivity index (χ0) is 17.6. The highest BCUT2D eigenvalue weighted by atomic mass is 16.5. The minimum absolute atomic E-state index is 0.0249. The second-order valence-corrected chi connectivity index (χ2v) is 6.84. The van der Waals surface area contributed by atoms with Crippen LogP contribution in [0.3, 0.4) is 0 Å². The monoisotopic (exact) mass is 346 g/mol. The molecule has 134 valence electrons. The molecule has 9 nitrogen and oxygen atoms in total. The van der Waals surface area contributed by atoms with Gasteiger partial charge in [0.15, 0.2) is 0 Å². The molecule has 2 bridgehead atoms. The molecular formula is C16H22N6O3. The normalized spacial score (nSPS) is 32.4. The highest BCUT2D eigenvalue weighted by Gasteiger charge is 2.66. The second kappa shape index (κ2) is 5.83. The number of aromatic amines is 1. The first-order valence-electron chi connectivity index (χ1n) is 8.64. The first kappa shape index (κ1) is 16.1. The molecular weight excluding hydrogens is 324 g/mol. The van der Waals surface area contributed by atoms with Gasteiger partial charge in [0.2, 0.25) is 17.8 Å². The van der Waals surface area contributed by atoms with Crippen LogP contribution >= 0.6 is 0 Å². The molecule has 4 heterocycles. The van der Waals surface area contributed by atoms with Crippen LogP contribution in [0, 0.1) is 11.8 Å². The summed E-state index contributed by atoms with van der Waals surface area (Å²) < 4.78 is 6.05. The number of carbonyl (C=O) groups excluding carboxylic acids is 2. The quantitative estimate of drug-likeness (QED) is 0.581. The number of hydrogen-bond acceptors (Lipinski definition) is 6. The van der Waals surface area contributed by atoms with Crippen molar-refractivity contribution in [3.05, 3.63) is 18.0 Å². The zero-order valence-corrected chi connectivity index (χ0v) is 14.1. The SMILES string of the molecule is CCCN1C[C@]23C=C[C@H](O2)[C@H](C(=O)NCCc2nc(N)n[nH]2)[C@@H]3C1=O. The molecule has 25 heavy (non-hydrogen) atoms. The van der Waals surface area contributed by atoms with Crippen LogP contribution in [0.5, 0.6) is 0 Å². The van der Waals surface area contributed by atoms with E-state index in [2.05, 4.69) is 20.5 Å². The number of nitrogens with zero attached hydrogens (tertiary/aromatic N) is 3. The molecule has 2 amide bonds. The van der Waals surface area contributed by atoms with E-state index in [1.165, 1.54) is 0 Å². The number of anilines is 1. The zero-order valence-electron chi connectivity index (χ0n) is 14.1. The van der Waals surface area contributed by atoms with Crippen molar-refractivity contribution in [1.29, 1.82) is 0 Å². The Morgan fingerprint density at radius 2 is 2.44 bits per heavy atom. The van der Waals surface area contributed by atoms with Crippen LogP contribution in [0.15, 0.2) is 12.2 Å². The molecule has 2 fully saturated rings. The predicted molar refractivity (Wildman–Crippen MR) is 88.1 cm³/mol. The summed E-state index contributed by atoms with van der Waals surface area (Å²) in [5.41, 5.74) is 4.83. The van der Waals surface area contributed by atoms with E-state index in [1.54, 1.807) is 0 Å². The Bertz CT molecular complexity index is 731. The minimum Gasteiger partial charge on any atom is -0.367 e. The Balaban J connectivity index is 1.42. The fourth-order valence-electron chi connectivity index (χ4n) is 4.18. The van der Waals surface area contributed by atoms with E-state index in [0.717, 1.165) is 6.42 Å². The minimum atomic E-state index is -0.627. The van der Waals surface area contributed by atoms with E-state index in [9.17, 15) is 9.59 Å². The summed E-state index contributed by atoms with van der Waals surface area (Å²) >= 11 is 0. The summed E-state index contributed by atoms with van der Waals surface area (Å²) in [6, 6.07) is 0. The number of fused-ring (bicyclic) bond motifs is 1. The lowest BCUT2D eigenvalue weighted by Crippen LogP contribution is -2.44. The Labute approximate surface area is 145 Å². The summed E-state index contributed by atoms with van der Waals surface area (Å²) in [6.45, 7) is 3.67. The van der Waals surface area contributed by atoms with Crippen molar-refractivity contribution in [2.75, 3.05) is 25.4 Å². The van der Waals surface area contributed by atoms with Crippen LogP contribution in [-0.4, -0.2) is 63.2 Å². The van der Waals surface area contributed by atoms with Crippen molar-refractivity contribution in [1.82, 2.24) is 25.4 Å². The molecule has 9 heteroatoms. The van der Waals surface area contributed by atoms with Gasteiger partial charge in [-0.05, 0) is 6.42 Å². The topological polar surface area (TPSA) is 126 Å². The third-order valence-electron chi connectivity index (χ3n) is 5.19. The van der Waals surface area contributed by atoms with Crippen molar-refractivity contribution in [3.63, 3.8) is 0 Å².